The first-order chi connectivity index (χ1) is 2.00. The standard InChI is InChI=1S/AsH3O4.W/c2-1(3,4)5;/h(H3,2,3,4,5);. The molecule has 6 heavy (non-hydrogen) atoms. The van der Waals surface area contributed by atoms with Crippen LogP contribution < -0.4 is 0 Å². The minimum absolute atomic E-state index is 0. The first kappa shape index (κ1) is 10.0. The van der Waals surface area contributed by atoms with Gasteiger partial charge in [0, 0.05) is 21.1 Å². The maximum absolute atomic E-state index is 8.94. The molecule has 0 amide bonds. The van der Waals surface area contributed by atoms with Crippen LogP contribution >= 0.6 is 0 Å². The van der Waals surface area contributed by atoms with E-state index in [9.17, 15) is 0 Å². The van der Waals surface area contributed by atoms with Crippen LogP contribution in [0.1, 0.15) is 0 Å². The average Bonchev–Trinajstić information content (AvgIpc) is 0.722. The van der Waals surface area contributed by atoms with Gasteiger partial charge in [0.2, 0.25) is 0 Å². The molecule has 0 unspecified atom stereocenters. The summed E-state index contributed by atoms with van der Waals surface area (Å²) in [6.07, 6.45) is 0. The maximum Gasteiger partial charge on any atom is 0 e. The van der Waals surface area contributed by atoms with E-state index in [-0.39, 0.29) is 21.1 Å². The Labute approximate surface area is 51.8 Å². The Balaban J connectivity index is 0. The predicted octanol–water partition coefficient (Wildman–Crippen LogP) is -2.17. The quantitative estimate of drug-likeness (QED) is 0.443. The SMILES string of the molecule is O=[As](O)(O)O.[W]. The van der Waals surface area contributed by atoms with Crippen LogP contribution in [0, 0.1) is 0 Å². The van der Waals surface area contributed by atoms with Gasteiger partial charge in [0.15, 0.2) is 0 Å². The number of hydrogen-bond acceptors (Lipinski definition) is 1. The van der Waals surface area contributed by atoms with E-state index in [1.54, 1.807) is 0 Å². The maximum atomic E-state index is 8.94. The summed E-state index contributed by atoms with van der Waals surface area (Å²) < 4.78 is 30.7. The van der Waals surface area contributed by atoms with Gasteiger partial charge in [-0.3, -0.25) is 0 Å². The van der Waals surface area contributed by atoms with Gasteiger partial charge in [0.25, 0.3) is 0 Å². The fraction of sp³-hybridized carbons (Fsp3) is 0. The molecule has 0 heterocycles. The van der Waals surface area contributed by atoms with Gasteiger partial charge < -0.3 is 0 Å². The Morgan fingerprint density at radius 1 is 1.17 bits per heavy atom. The zero-order valence-corrected chi connectivity index (χ0v) is 7.42. The second-order valence-corrected chi connectivity index (χ2v) is 2.67. The second-order valence-electron chi connectivity index (χ2n) is 0.513. The molecule has 0 fully saturated rings. The molecule has 0 rings (SSSR count). The van der Waals surface area contributed by atoms with Gasteiger partial charge in [-0.05, 0) is 0 Å². The third-order valence-electron chi connectivity index (χ3n) is 0. The van der Waals surface area contributed by atoms with Crippen molar-refractivity contribution in [3.63, 3.8) is 0 Å². The molecule has 0 aromatic carbocycles. The largest absolute Gasteiger partial charge is 0 e. The van der Waals surface area contributed by atoms with Crippen LogP contribution in [0.25, 0.3) is 0 Å². The Morgan fingerprint density at radius 2 is 1.17 bits per heavy atom. The molecule has 0 bridgehead atoms. The van der Waals surface area contributed by atoms with E-state index in [2.05, 4.69) is 0 Å². The second kappa shape index (κ2) is 3.00. The van der Waals surface area contributed by atoms with Crippen molar-refractivity contribution in [2.75, 3.05) is 0 Å². The number of rotatable bonds is 0. The summed E-state index contributed by atoms with van der Waals surface area (Å²) >= 11 is -5.12. The zero-order chi connectivity index (χ0) is 4.50. The molecule has 3 N–H and O–H groups in total. The molecule has 0 radical (unpaired) electrons. The van der Waals surface area contributed by atoms with Gasteiger partial charge in [-0.2, -0.15) is 0 Å². The summed E-state index contributed by atoms with van der Waals surface area (Å²) in [5.41, 5.74) is 0. The predicted molar refractivity (Wildman–Crippen MR) is 13.1 cm³/mol. The van der Waals surface area contributed by atoms with Crippen molar-refractivity contribution in [1.29, 1.82) is 0 Å². The van der Waals surface area contributed by atoms with Gasteiger partial charge >= 0.3 is 30.5 Å². The molecule has 0 saturated heterocycles. The monoisotopic (exact) mass is 326 g/mol. The van der Waals surface area contributed by atoms with Crippen molar-refractivity contribution in [3.05, 3.63) is 0 Å². The van der Waals surface area contributed by atoms with Crippen LogP contribution in [0.2, 0.25) is 0 Å². The molecule has 0 aliphatic rings. The van der Waals surface area contributed by atoms with E-state index in [1.165, 1.54) is 0 Å². The third kappa shape index (κ3) is 88.5. The van der Waals surface area contributed by atoms with Crippen LogP contribution in [-0.2, 0) is 24.8 Å². The van der Waals surface area contributed by atoms with Crippen molar-refractivity contribution < 1.29 is 37.1 Å². The van der Waals surface area contributed by atoms with E-state index in [0.717, 1.165) is 0 Å². The van der Waals surface area contributed by atoms with E-state index >= 15 is 0 Å². The Bertz CT molecular complexity index is 53.7. The van der Waals surface area contributed by atoms with Crippen LogP contribution in [-0.4, -0.2) is 26.8 Å². The Kier molecular flexibility index (Phi) is 5.01. The van der Waals surface area contributed by atoms with Crippen molar-refractivity contribution >= 4 is 14.5 Å². The summed E-state index contributed by atoms with van der Waals surface area (Å²) in [7, 11) is 0. The summed E-state index contributed by atoms with van der Waals surface area (Å²) in [5, 5.41) is 0. The van der Waals surface area contributed by atoms with Crippen LogP contribution in [0.3, 0.4) is 0 Å². The first-order valence-corrected chi connectivity index (χ1v) is 4.07. The molecule has 0 saturated carbocycles. The minimum Gasteiger partial charge on any atom is 0 e. The van der Waals surface area contributed by atoms with Gasteiger partial charge in [-0.1, -0.05) is 0 Å². The fourth-order valence-corrected chi connectivity index (χ4v) is 0. The molecular formula is H3AsO4W. The molecule has 0 aromatic rings. The molecule has 0 atom stereocenters. The van der Waals surface area contributed by atoms with E-state index in [1.807, 2.05) is 0 Å². The van der Waals surface area contributed by atoms with E-state index in [4.69, 9.17) is 16.0 Å². The van der Waals surface area contributed by atoms with Crippen molar-refractivity contribution in [3.8, 4) is 0 Å². The molecular weight excluding hydrogens is 323 g/mol. The summed E-state index contributed by atoms with van der Waals surface area (Å²) in [5.74, 6) is 0. The molecule has 0 aliphatic heterocycles. The Morgan fingerprint density at radius 3 is 1.17 bits per heavy atom. The number of hydrogen-bond donors (Lipinski definition) is 3. The zero-order valence-electron chi connectivity index (χ0n) is 2.61. The Hall–Kier alpha value is 0.927. The smallest absolute Gasteiger partial charge is 0 e. The molecule has 0 aromatic heterocycles. The van der Waals surface area contributed by atoms with Crippen molar-refractivity contribution in [2.45, 2.75) is 0 Å². The van der Waals surface area contributed by atoms with Gasteiger partial charge in [0.05, 0.1) is 0 Å². The molecule has 0 aliphatic carbocycles. The minimum atomic E-state index is -5.12. The third-order valence-corrected chi connectivity index (χ3v) is 0. The fourth-order valence-electron chi connectivity index (χ4n) is 0. The van der Waals surface area contributed by atoms with E-state index < -0.39 is 14.5 Å². The van der Waals surface area contributed by atoms with Crippen molar-refractivity contribution in [2.24, 2.45) is 0 Å². The molecule has 4 nitrogen and oxygen atoms in total. The van der Waals surface area contributed by atoms with Crippen LogP contribution in [0.15, 0.2) is 0 Å². The topological polar surface area (TPSA) is 77.8 Å². The molecule has 0 spiro atoms. The van der Waals surface area contributed by atoms with Gasteiger partial charge in [0.1, 0.15) is 0 Å². The first-order valence-electron chi connectivity index (χ1n) is 0.783. The summed E-state index contributed by atoms with van der Waals surface area (Å²) in [4.78, 5) is 0. The van der Waals surface area contributed by atoms with E-state index in [0.29, 0.717) is 0 Å². The van der Waals surface area contributed by atoms with Gasteiger partial charge in [-0.25, -0.2) is 0 Å². The summed E-state index contributed by atoms with van der Waals surface area (Å²) in [6, 6.07) is 0. The van der Waals surface area contributed by atoms with Crippen LogP contribution in [0.5, 0.6) is 0 Å². The normalized spacial score (nSPS) is 9.83. The van der Waals surface area contributed by atoms with Gasteiger partial charge in [-0.15, -0.1) is 0 Å². The van der Waals surface area contributed by atoms with Crippen LogP contribution in [0.4, 0.5) is 0 Å². The molecule has 38 valence electrons. The van der Waals surface area contributed by atoms with Crippen molar-refractivity contribution in [1.82, 2.24) is 0 Å². The summed E-state index contributed by atoms with van der Waals surface area (Å²) in [6.45, 7) is 0. The average molecular weight is 326 g/mol. The molecule has 6 heteroatoms.